The Hall–Kier alpha value is -4.17. The van der Waals surface area contributed by atoms with E-state index in [2.05, 4.69) is 10.0 Å². The summed E-state index contributed by atoms with van der Waals surface area (Å²) in [4.78, 5) is 25.6. The first kappa shape index (κ1) is 32.3. The first-order chi connectivity index (χ1) is 19.8. The molecule has 0 atom stereocenters. The molecule has 0 aromatic heterocycles. The van der Waals surface area contributed by atoms with Gasteiger partial charge in [0, 0.05) is 44.8 Å². The van der Waals surface area contributed by atoms with E-state index in [9.17, 15) is 30.8 Å². The number of amides is 1. The molecule has 0 bridgehead atoms. The van der Waals surface area contributed by atoms with Gasteiger partial charge < -0.3 is 20.2 Å². The van der Waals surface area contributed by atoms with Gasteiger partial charge >= 0.3 is 12.1 Å². The fourth-order valence-electron chi connectivity index (χ4n) is 4.11. The van der Waals surface area contributed by atoms with Crippen LogP contribution in [-0.4, -0.2) is 69.2 Å². The number of carboxylic acids is 1. The predicted octanol–water partition coefficient (Wildman–Crippen LogP) is 4.33. The topological polar surface area (TPSA) is 119 Å². The summed E-state index contributed by atoms with van der Waals surface area (Å²) in [7, 11) is -4.21. The van der Waals surface area contributed by atoms with Crippen LogP contribution in [0.4, 0.5) is 28.9 Å². The largest absolute Gasteiger partial charge is 0.490 e. The van der Waals surface area contributed by atoms with E-state index in [0.29, 0.717) is 37.4 Å². The van der Waals surface area contributed by atoms with Crippen LogP contribution in [0, 0.1) is 5.82 Å². The highest BCUT2D eigenvalue weighted by Gasteiger charge is 2.38. The second kappa shape index (κ2) is 14.1. The zero-order valence-electron chi connectivity index (χ0n) is 22.6. The van der Waals surface area contributed by atoms with Crippen molar-refractivity contribution in [2.24, 2.45) is 0 Å². The molecular weight excluding hydrogens is 580 g/mol. The molecule has 42 heavy (non-hydrogen) atoms. The molecule has 14 heteroatoms. The molecular formula is C28H30F4N4O5S. The fourth-order valence-corrected chi connectivity index (χ4v) is 5.25. The number of carboxylic acid groups (broad SMARTS) is 1. The lowest BCUT2D eigenvalue weighted by molar-refractivity contribution is -0.192. The molecule has 1 fully saturated rings. The summed E-state index contributed by atoms with van der Waals surface area (Å²) < 4.78 is 74.8. The van der Waals surface area contributed by atoms with Crippen LogP contribution < -0.4 is 14.9 Å². The van der Waals surface area contributed by atoms with Gasteiger partial charge in [-0.2, -0.15) is 13.2 Å². The molecule has 0 aliphatic carbocycles. The van der Waals surface area contributed by atoms with Crippen molar-refractivity contribution >= 4 is 33.3 Å². The highest BCUT2D eigenvalue weighted by molar-refractivity contribution is 7.92. The predicted molar refractivity (Wildman–Crippen MR) is 149 cm³/mol. The standard InChI is InChI=1S/C26H29FN4O3S.C2HF3O2/c1-2-30(19-20-8-4-3-5-9-20)26(32)21-12-13-24(31-16-14-28-15-17-31)23(18-21)29-35(33,34)25-11-7-6-10-22(25)27;3-2(4,5)1(6)7/h3-13,18,28-29H,2,14-17,19H2,1H3;(H,6,7). The summed E-state index contributed by atoms with van der Waals surface area (Å²) in [5.41, 5.74) is 2.25. The number of nitrogens with zero attached hydrogens (tertiary/aromatic N) is 2. The van der Waals surface area contributed by atoms with Gasteiger partial charge in [0.1, 0.15) is 10.7 Å². The Labute approximate surface area is 240 Å². The molecule has 3 N–H and O–H groups in total. The Morgan fingerprint density at radius 1 is 1.00 bits per heavy atom. The van der Waals surface area contributed by atoms with E-state index in [1.54, 1.807) is 23.1 Å². The van der Waals surface area contributed by atoms with Crippen LogP contribution in [0.5, 0.6) is 0 Å². The van der Waals surface area contributed by atoms with Crippen molar-refractivity contribution in [1.82, 2.24) is 10.2 Å². The number of hydrogen-bond acceptors (Lipinski definition) is 6. The lowest BCUT2D eigenvalue weighted by Crippen LogP contribution is -2.43. The second-order valence-electron chi connectivity index (χ2n) is 9.11. The smallest absolute Gasteiger partial charge is 0.475 e. The van der Waals surface area contributed by atoms with E-state index in [-0.39, 0.29) is 11.6 Å². The minimum absolute atomic E-state index is 0.213. The van der Waals surface area contributed by atoms with Crippen LogP contribution in [0.3, 0.4) is 0 Å². The number of alkyl halides is 3. The normalized spacial score (nSPS) is 13.5. The second-order valence-corrected chi connectivity index (χ2v) is 10.8. The maximum atomic E-state index is 14.3. The lowest BCUT2D eigenvalue weighted by Gasteiger charge is -2.31. The first-order valence-corrected chi connectivity index (χ1v) is 14.3. The van der Waals surface area contributed by atoms with Crippen molar-refractivity contribution in [3.8, 4) is 0 Å². The lowest BCUT2D eigenvalue weighted by atomic mass is 10.1. The third-order valence-corrected chi connectivity index (χ3v) is 7.60. The Bertz CT molecular complexity index is 1480. The number of carbonyl (C=O) groups is 2. The molecule has 1 heterocycles. The Kier molecular flexibility index (Phi) is 10.9. The van der Waals surface area contributed by atoms with Gasteiger partial charge in [-0.3, -0.25) is 9.52 Å². The Morgan fingerprint density at radius 2 is 1.60 bits per heavy atom. The van der Waals surface area contributed by atoms with Crippen molar-refractivity contribution in [3.63, 3.8) is 0 Å². The molecule has 226 valence electrons. The molecule has 1 amide bonds. The summed E-state index contributed by atoms with van der Waals surface area (Å²) >= 11 is 0. The Balaban J connectivity index is 0.000000616. The first-order valence-electron chi connectivity index (χ1n) is 12.8. The number of anilines is 2. The van der Waals surface area contributed by atoms with E-state index in [4.69, 9.17) is 9.90 Å². The number of sulfonamides is 1. The van der Waals surface area contributed by atoms with Crippen LogP contribution in [-0.2, 0) is 21.4 Å². The van der Waals surface area contributed by atoms with E-state index < -0.39 is 32.9 Å². The molecule has 3 aromatic carbocycles. The van der Waals surface area contributed by atoms with Crippen molar-refractivity contribution < 1.29 is 40.7 Å². The van der Waals surface area contributed by atoms with E-state index in [1.165, 1.54) is 18.2 Å². The van der Waals surface area contributed by atoms with Gasteiger partial charge in [-0.1, -0.05) is 42.5 Å². The van der Waals surface area contributed by atoms with Crippen LogP contribution in [0.2, 0.25) is 0 Å². The maximum Gasteiger partial charge on any atom is 0.490 e. The number of piperazine rings is 1. The van der Waals surface area contributed by atoms with E-state index >= 15 is 0 Å². The number of halogens is 4. The summed E-state index contributed by atoms with van der Waals surface area (Å²) in [6.45, 7) is 5.68. The summed E-state index contributed by atoms with van der Waals surface area (Å²) in [6.07, 6.45) is -5.08. The molecule has 1 saturated heterocycles. The van der Waals surface area contributed by atoms with Crippen molar-refractivity contribution in [3.05, 3.63) is 89.7 Å². The van der Waals surface area contributed by atoms with Crippen LogP contribution in [0.15, 0.2) is 77.7 Å². The van der Waals surface area contributed by atoms with Crippen LogP contribution in [0.1, 0.15) is 22.8 Å². The van der Waals surface area contributed by atoms with Crippen LogP contribution >= 0.6 is 0 Å². The van der Waals surface area contributed by atoms with Gasteiger partial charge in [0.15, 0.2) is 0 Å². The molecule has 0 radical (unpaired) electrons. The molecule has 3 aromatic rings. The third-order valence-electron chi connectivity index (χ3n) is 6.20. The van der Waals surface area contributed by atoms with Crippen molar-refractivity contribution in [2.45, 2.75) is 24.5 Å². The number of aliphatic carboxylic acids is 1. The number of nitrogens with one attached hydrogen (secondary N) is 2. The van der Waals surface area contributed by atoms with Gasteiger partial charge in [0.25, 0.3) is 15.9 Å². The molecule has 1 aliphatic rings. The molecule has 0 unspecified atom stereocenters. The highest BCUT2D eigenvalue weighted by atomic mass is 32.2. The number of benzene rings is 3. The summed E-state index contributed by atoms with van der Waals surface area (Å²) in [6, 6.07) is 19.9. The minimum Gasteiger partial charge on any atom is -0.475 e. The van der Waals surface area contributed by atoms with Gasteiger partial charge in [0.2, 0.25) is 0 Å². The zero-order chi connectivity index (χ0) is 30.9. The summed E-state index contributed by atoms with van der Waals surface area (Å²) in [5, 5.41) is 10.4. The van der Waals surface area contributed by atoms with Crippen molar-refractivity contribution in [1.29, 1.82) is 0 Å². The number of hydrogen-bond donors (Lipinski definition) is 3. The van der Waals surface area contributed by atoms with E-state index in [0.717, 1.165) is 24.7 Å². The van der Waals surface area contributed by atoms with Crippen molar-refractivity contribution in [2.75, 3.05) is 42.3 Å². The third kappa shape index (κ3) is 8.66. The number of carbonyl (C=O) groups excluding carboxylic acids is 1. The Morgan fingerprint density at radius 3 is 2.17 bits per heavy atom. The average Bonchev–Trinajstić information content (AvgIpc) is 2.96. The number of rotatable bonds is 8. The summed E-state index contributed by atoms with van der Waals surface area (Å²) in [5.74, 6) is -3.81. The fraction of sp³-hybridized carbons (Fsp3) is 0.286. The maximum absolute atomic E-state index is 14.3. The van der Waals surface area contributed by atoms with Gasteiger partial charge in [-0.05, 0) is 42.8 Å². The molecule has 9 nitrogen and oxygen atoms in total. The van der Waals surface area contributed by atoms with Crippen LogP contribution in [0.25, 0.3) is 0 Å². The monoisotopic (exact) mass is 610 g/mol. The minimum atomic E-state index is -5.08. The molecule has 4 rings (SSSR count). The molecule has 1 aliphatic heterocycles. The quantitative estimate of drug-likeness (QED) is 0.325. The van der Waals surface area contributed by atoms with Gasteiger partial charge in [-0.25, -0.2) is 17.6 Å². The zero-order valence-corrected chi connectivity index (χ0v) is 23.4. The van der Waals surface area contributed by atoms with E-state index in [1.807, 2.05) is 42.2 Å². The molecule has 0 spiro atoms. The van der Waals surface area contributed by atoms with Gasteiger partial charge in [0.05, 0.1) is 11.4 Å². The average molecular weight is 611 g/mol. The SMILES string of the molecule is CCN(Cc1ccccc1)C(=O)c1ccc(N2CCNCC2)c(NS(=O)(=O)c2ccccc2F)c1.O=C(O)C(F)(F)F. The highest BCUT2D eigenvalue weighted by Crippen LogP contribution is 2.31. The molecule has 0 saturated carbocycles. The van der Waals surface area contributed by atoms with Gasteiger partial charge in [-0.15, -0.1) is 0 Å².